The van der Waals surface area contributed by atoms with E-state index in [2.05, 4.69) is 17.1 Å². The fourth-order valence-corrected chi connectivity index (χ4v) is 1.77. The van der Waals surface area contributed by atoms with Gasteiger partial charge in [-0.3, -0.25) is 0 Å². The molecule has 0 amide bonds. The largest absolute Gasteiger partial charge is 1.00 e. The van der Waals surface area contributed by atoms with Gasteiger partial charge in [-0.2, -0.15) is 0 Å². The van der Waals surface area contributed by atoms with Gasteiger partial charge >= 0.3 is 51.4 Å². The zero-order valence-electron chi connectivity index (χ0n) is 6.88. The Morgan fingerprint density at radius 2 is 1.90 bits per heavy atom. The Kier molecular flexibility index (Phi) is 3.84. The predicted molar refractivity (Wildman–Crippen MR) is 37.7 cm³/mol. The molecule has 2 unspecified atom stereocenters. The first-order valence-corrected chi connectivity index (χ1v) is 3.81. The van der Waals surface area contributed by atoms with Gasteiger partial charge < -0.3 is 10.2 Å². The van der Waals surface area contributed by atoms with Crippen LogP contribution in [0, 0.1) is 0 Å². The molecule has 3 rings (SSSR count). The zero-order valence-corrected chi connectivity index (χ0v) is 10.0. The standard InChI is InChI=1S/C7H13N2.K/c1-2-9-4-6-3-7(5-9)8-6;/h6-7H,2-5H2,1H3;/q-1;+1. The number of piperazine rings is 1. The van der Waals surface area contributed by atoms with Crippen LogP contribution >= 0.6 is 0 Å². The maximum absolute atomic E-state index is 4.48. The van der Waals surface area contributed by atoms with Gasteiger partial charge in [-0.25, -0.2) is 0 Å². The van der Waals surface area contributed by atoms with Crippen LogP contribution in [0.3, 0.4) is 0 Å². The van der Waals surface area contributed by atoms with E-state index >= 15 is 0 Å². The molecule has 10 heavy (non-hydrogen) atoms. The Morgan fingerprint density at radius 3 is 2.20 bits per heavy atom. The Labute approximate surface area is 105 Å². The number of fused-ring (bicyclic) bond motifs is 2. The van der Waals surface area contributed by atoms with E-state index in [1.807, 2.05) is 0 Å². The van der Waals surface area contributed by atoms with Crippen LogP contribution in [0.5, 0.6) is 0 Å². The van der Waals surface area contributed by atoms with E-state index in [1.54, 1.807) is 0 Å². The van der Waals surface area contributed by atoms with Crippen molar-refractivity contribution in [1.29, 1.82) is 0 Å². The Balaban J connectivity index is 0.000000500. The minimum absolute atomic E-state index is 0. The molecule has 3 saturated heterocycles. The first-order valence-electron chi connectivity index (χ1n) is 3.81. The summed E-state index contributed by atoms with van der Waals surface area (Å²) in [5.74, 6) is 0. The molecular formula is C7H13KN2. The van der Waals surface area contributed by atoms with Crippen LogP contribution in [0.25, 0.3) is 5.32 Å². The van der Waals surface area contributed by atoms with Crippen molar-refractivity contribution in [2.24, 2.45) is 0 Å². The van der Waals surface area contributed by atoms with Gasteiger partial charge in [0.25, 0.3) is 0 Å². The van der Waals surface area contributed by atoms with Crippen molar-refractivity contribution >= 4 is 0 Å². The summed E-state index contributed by atoms with van der Waals surface area (Å²) in [6, 6.07) is 1.42. The van der Waals surface area contributed by atoms with Crippen molar-refractivity contribution in [2.75, 3.05) is 19.6 Å². The van der Waals surface area contributed by atoms with Crippen LogP contribution in [-0.4, -0.2) is 36.6 Å². The summed E-state index contributed by atoms with van der Waals surface area (Å²) in [5.41, 5.74) is 0. The molecule has 3 fully saturated rings. The molecule has 2 bridgehead atoms. The second kappa shape index (κ2) is 3.98. The minimum Gasteiger partial charge on any atom is -0.655 e. The summed E-state index contributed by atoms with van der Waals surface area (Å²) in [4.78, 5) is 2.49. The molecule has 0 aromatic rings. The normalized spacial score (nSPS) is 38.1. The molecule has 2 atom stereocenters. The molecule has 0 saturated carbocycles. The van der Waals surface area contributed by atoms with Crippen LogP contribution in [0.15, 0.2) is 0 Å². The van der Waals surface area contributed by atoms with Gasteiger partial charge in [0.2, 0.25) is 0 Å². The monoisotopic (exact) mass is 164 g/mol. The first-order chi connectivity index (χ1) is 4.38. The number of nitrogens with zero attached hydrogens (tertiary/aromatic N) is 2. The molecule has 0 N–H and O–H groups in total. The van der Waals surface area contributed by atoms with Crippen LogP contribution in [0.2, 0.25) is 0 Å². The van der Waals surface area contributed by atoms with Crippen molar-refractivity contribution in [3.63, 3.8) is 0 Å². The molecule has 0 spiro atoms. The molecule has 2 nitrogen and oxygen atoms in total. The Hall–Kier alpha value is 1.56. The molecule has 0 aromatic heterocycles. The van der Waals surface area contributed by atoms with Gasteiger partial charge in [-0.15, -0.1) is 12.1 Å². The van der Waals surface area contributed by atoms with E-state index in [0.717, 1.165) is 0 Å². The zero-order chi connectivity index (χ0) is 6.27. The molecule has 3 aliphatic rings. The van der Waals surface area contributed by atoms with E-state index in [1.165, 1.54) is 26.1 Å². The van der Waals surface area contributed by atoms with E-state index < -0.39 is 0 Å². The van der Waals surface area contributed by atoms with Crippen LogP contribution in [-0.2, 0) is 0 Å². The third-order valence-corrected chi connectivity index (χ3v) is 2.35. The fraction of sp³-hybridized carbons (Fsp3) is 1.00. The summed E-state index contributed by atoms with van der Waals surface area (Å²) >= 11 is 0. The fourth-order valence-electron chi connectivity index (χ4n) is 1.77. The molecule has 3 heteroatoms. The van der Waals surface area contributed by atoms with Crippen LogP contribution in [0.4, 0.5) is 0 Å². The number of rotatable bonds is 1. The molecule has 0 radical (unpaired) electrons. The van der Waals surface area contributed by atoms with E-state index in [9.17, 15) is 0 Å². The van der Waals surface area contributed by atoms with Crippen molar-refractivity contribution in [3.8, 4) is 0 Å². The minimum atomic E-state index is 0. The summed E-state index contributed by atoms with van der Waals surface area (Å²) < 4.78 is 0. The molecule has 3 aliphatic heterocycles. The van der Waals surface area contributed by atoms with Crippen molar-refractivity contribution in [3.05, 3.63) is 5.32 Å². The van der Waals surface area contributed by atoms with Gasteiger partial charge in [0.05, 0.1) is 0 Å². The summed E-state index contributed by atoms with van der Waals surface area (Å²) in [7, 11) is 0. The molecular weight excluding hydrogens is 151 g/mol. The van der Waals surface area contributed by atoms with Crippen LogP contribution in [0.1, 0.15) is 13.3 Å². The van der Waals surface area contributed by atoms with E-state index in [4.69, 9.17) is 0 Å². The van der Waals surface area contributed by atoms with Gasteiger partial charge in [0.1, 0.15) is 0 Å². The molecule has 0 aliphatic carbocycles. The second-order valence-corrected chi connectivity index (χ2v) is 3.04. The van der Waals surface area contributed by atoms with Gasteiger partial charge in [0.15, 0.2) is 0 Å². The van der Waals surface area contributed by atoms with Crippen molar-refractivity contribution in [2.45, 2.75) is 25.4 Å². The smallest absolute Gasteiger partial charge is 0.655 e. The third kappa shape index (κ3) is 1.83. The van der Waals surface area contributed by atoms with Crippen molar-refractivity contribution in [1.82, 2.24) is 4.90 Å². The Morgan fingerprint density at radius 1 is 1.40 bits per heavy atom. The maximum atomic E-state index is 4.48. The summed E-state index contributed by atoms with van der Waals surface area (Å²) in [6.45, 7) is 5.90. The molecule has 0 aromatic carbocycles. The average Bonchev–Trinajstić information content (AvgIpc) is 1.87. The second-order valence-electron chi connectivity index (χ2n) is 3.04. The topological polar surface area (TPSA) is 17.3 Å². The van der Waals surface area contributed by atoms with Crippen molar-refractivity contribution < 1.29 is 51.4 Å². The molecule has 3 heterocycles. The maximum Gasteiger partial charge on any atom is 1.00 e. The summed E-state index contributed by atoms with van der Waals surface area (Å²) in [6.07, 6.45) is 1.37. The third-order valence-electron chi connectivity index (χ3n) is 2.35. The number of piperidine rings is 1. The number of hydrogen-bond donors (Lipinski definition) is 0. The number of hydrogen-bond acceptors (Lipinski definition) is 1. The first kappa shape index (κ1) is 9.64. The predicted octanol–water partition coefficient (Wildman–Crippen LogP) is -2.16. The quantitative estimate of drug-likeness (QED) is 0.404. The SMILES string of the molecule is CCN1CC2CC(C1)[N-]2.[K+]. The molecule has 52 valence electrons. The average molecular weight is 164 g/mol. The number of likely N-dealkylation sites (N-methyl/N-ethyl adjacent to an activating group) is 1. The van der Waals surface area contributed by atoms with E-state index in [0.29, 0.717) is 12.1 Å². The van der Waals surface area contributed by atoms with Crippen LogP contribution < -0.4 is 51.4 Å². The van der Waals surface area contributed by atoms with Gasteiger partial charge in [-0.1, -0.05) is 13.3 Å². The van der Waals surface area contributed by atoms with E-state index in [-0.39, 0.29) is 51.4 Å². The van der Waals surface area contributed by atoms with Gasteiger partial charge in [-0.05, 0) is 19.6 Å². The summed E-state index contributed by atoms with van der Waals surface area (Å²) in [5, 5.41) is 4.48. The van der Waals surface area contributed by atoms with Gasteiger partial charge in [0, 0.05) is 0 Å². The Bertz CT molecular complexity index is 102.